The molecule has 0 unspecified atom stereocenters. The molecule has 0 radical (unpaired) electrons. The standard InChI is InChI=1S/C20H19N3O5S/c1-12-4-9-17(13(2)10-12)29-11-18(24)27-14(3)19-21-22-20(28-19)15-5-7-16(8-6-15)23(25)26/h4-10,14H,11H2,1-3H3/t14-/m1/s1. The predicted octanol–water partition coefficient (Wildman–Crippen LogP) is 4.66. The van der Waals surface area contributed by atoms with E-state index in [0.29, 0.717) is 5.56 Å². The van der Waals surface area contributed by atoms with Crippen molar-refractivity contribution >= 4 is 23.4 Å². The number of aromatic nitrogens is 2. The molecule has 0 bridgehead atoms. The van der Waals surface area contributed by atoms with Gasteiger partial charge in [0.2, 0.25) is 5.89 Å². The van der Waals surface area contributed by atoms with Crippen molar-refractivity contribution in [3.63, 3.8) is 0 Å². The van der Waals surface area contributed by atoms with Crippen LogP contribution in [0.3, 0.4) is 0 Å². The Labute approximate surface area is 171 Å². The van der Waals surface area contributed by atoms with Gasteiger partial charge in [-0.2, -0.15) is 0 Å². The van der Waals surface area contributed by atoms with Crippen LogP contribution in [-0.4, -0.2) is 26.8 Å². The van der Waals surface area contributed by atoms with Gasteiger partial charge in [-0.1, -0.05) is 17.7 Å². The number of rotatable bonds is 7. The molecule has 1 heterocycles. The van der Waals surface area contributed by atoms with Crippen LogP contribution in [0.15, 0.2) is 51.8 Å². The van der Waals surface area contributed by atoms with Crippen molar-refractivity contribution in [2.45, 2.75) is 31.8 Å². The van der Waals surface area contributed by atoms with E-state index < -0.39 is 17.0 Å². The molecule has 3 aromatic rings. The molecule has 0 aliphatic carbocycles. The van der Waals surface area contributed by atoms with E-state index in [0.717, 1.165) is 10.5 Å². The van der Waals surface area contributed by atoms with Crippen LogP contribution in [0.4, 0.5) is 5.69 Å². The number of non-ortho nitro benzene ring substituents is 1. The molecule has 150 valence electrons. The maximum atomic E-state index is 12.2. The molecule has 3 rings (SSSR count). The number of nitro groups is 1. The first kappa shape index (κ1) is 20.5. The molecule has 2 aromatic carbocycles. The molecule has 0 spiro atoms. The minimum Gasteiger partial charge on any atom is -0.452 e. The third kappa shape index (κ3) is 5.20. The van der Waals surface area contributed by atoms with Crippen molar-refractivity contribution in [2.75, 3.05) is 5.75 Å². The normalized spacial score (nSPS) is 11.8. The van der Waals surface area contributed by atoms with E-state index in [4.69, 9.17) is 9.15 Å². The molecule has 8 nitrogen and oxygen atoms in total. The summed E-state index contributed by atoms with van der Waals surface area (Å²) < 4.78 is 10.9. The number of aryl methyl sites for hydroxylation is 2. The number of benzene rings is 2. The Bertz CT molecular complexity index is 1030. The minimum absolute atomic E-state index is 0.0305. The maximum absolute atomic E-state index is 12.2. The van der Waals surface area contributed by atoms with Crippen molar-refractivity contribution in [1.82, 2.24) is 10.2 Å². The van der Waals surface area contributed by atoms with E-state index in [1.165, 1.54) is 41.6 Å². The van der Waals surface area contributed by atoms with Crippen LogP contribution in [0.25, 0.3) is 11.5 Å². The number of hydrogen-bond donors (Lipinski definition) is 0. The summed E-state index contributed by atoms with van der Waals surface area (Å²) in [7, 11) is 0. The number of nitro benzene ring substituents is 1. The fourth-order valence-electron chi connectivity index (χ4n) is 2.62. The van der Waals surface area contributed by atoms with Crippen molar-refractivity contribution in [1.29, 1.82) is 0 Å². The summed E-state index contributed by atoms with van der Waals surface area (Å²) in [5, 5.41) is 18.6. The highest BCUT2D eigenvalue weighted by Crippen LogP contribution is 2.26. The monoisotopic (exact) mass is 413 g/mol. The lowest BCUT2D eigenvalue weighted by Crippen LogP contribution is -2.11. The van der Waals surface area contributed by atoms with E-state index in [1.54, 1.807) is 6.92 Å². The van der Waals surface area contributed by atoms with E-state index in [-0.39, 0.29) is 23.2 Å². The molecule has 0 aliphatic rings. The zero-order valence-corrected chi connectivity index (χ0v) is 16.9. The van der Waals surface area contributed by atoms with Crippen LogP contribution in [0.5, 0.6) is 0 Å². The number of hydrogen-bond acceptors (Lipinski definition) is 8. The largest absolute Gasteiger partial charge is 0.452 e. The van der Waals surface area contributed by atoms with Gasteiger partial charge >= 0.3 is 5.97 Å². The Hall–Kier alpha value is -3.20. The first-order chi connectivity index (χ1) is 13.8. The third-order valence-corrected chi connectivity index (χ3v) is 5.25. The Balaban J connectivity index is 1.58. The number of carbonyl (C=O) groups excluding carboxylic acids is 1. The van der Waals surface area contributed by atoms with Gasteiger partial charge in [0.1, 0.15) is 0 Å². The van der Waals surface area contributed by atoms with Gasteiger partial charge in [-0.15, -0.1) is 22.0 Å². The summed E-state index contributed by atoms with van der Waals surface area (Å²) in [5.41, 5.74) is 2.79. The summed E-state index contributed by atoms with van der Waals surface area (Å²) in [6.45, 7) is 5.67. The Kier molecular flexibility index (Phi) is 6.28. The van der Waals surface area contributed by atoms with Crippen LogP contribution < -0.4 is 0 Å². The van der Waals surface area contributed by atoms with Crippen LogP contribution >= 0.6 is 11.8 Å². The smallest absolute Gasteiger partial charge is 0.317 e. The third-order valence-electron chi connectivity index (χ3n) is 4.10. The Morgan fingerprint density at radius 3 is 2.59 bits per heavy atom. The summed E-state index contributed by atoms with van der Waals surface area (Å²) in [5.74, 6) is 0.126. The average molecular weight is 413 g/mol. The number of esters is 1. The average Bonchev–Trinajstić information content (AvgIpc) is 3.18. The number of carbonyl (C=O) groups is 1. The van der Waals surface area contributed by atoms with Crippen LogP contribution in [0, 0.1) is 24.0 Å². The van der Waals surface area contributed by atoms with E-state index in [2.05, 4.69) is 16.3 Å². The molecule has 0 saturated carbocycles. The second kappa shape index (κ2) is 8.87. The highest BCUT2D eigenvalue weighted by molar-refractivity contribution is 8.00. The number of nitrogens with zero attached hydrogens (tertiary/aromatic N) is 3. The topological polar surface area (TPSA) is 108 Å². The Morgan fingerprint density at radius 2 is 1.93 bits per heavy atom. The first-order valence-electron chi connectivity index (χ1n) is 8.81. The summed E-state index contributed by atoms with van der Waals surface area (Å²) in [6.07, 6.45) is -0.707. The molecule has 29 heavy (non-hydrogen) atoms. The van der Waals surface area contributed by atoms with E-state index in [1.807, 2.05) is 26.0 Å². The molecule has 0 saturated heterocycles. The van der Waals surface area contributed by atoms with Gasteiger partial charge < -0.3 is 9.15 Å². The molecule has 0 N–H and O–H groups in total. The van der Waals surface area contributed by atoms with Crippen LogP contribution in [0.1, 0.15) is 30.0 Å². The number of ether oxygens (including phenoxy) is 1. The van der Waals surface area contributed by atoms with Gasteiger partial charge in [-0.3, -0.25) is 14.9 Å². The fourth-order valence-corrected chi connectivity index (χ4v) is 3.41. The van der Waals surface area contributed by atoms with Crippen molar-refractivity contribution < 1.29 is 18.9 Å². The van der Waals surface area contributed by atoms with Gasteiger partial charge in [-0.05, 0) is 44.5 Å². The molecule has 0 aliphatic heterocycles. The molecular formula is C20H19N3O5S. The molecule has 1 aromatic heterocycles. The van der Waals surface area contributed by atoms with Gasteiger partial charge in [0.25, 0.3) is 11.6 Å². The highest BCUT2D eigenvalue weighted by atomic mass is 32.2. The summed E-state index contributed by atoms with van der Waals surface area (Å²) in [4.78, 5) is 23.4. The van der Waals surface area contributed by atoms with Crippen LogP contribution in [0.2, 0.25) is 0 Å². The van der Waals surface area contributed by atoms with Gasteiger partial charge in [-0.25, -0.2) is 0 Å². The molecule has 1 atom stereocenters. The minimum atomic E-state index is -0.707. The van der Waals surface area contributed by atoms with Gasteiger partial charge in [0.05, 0.1) is 10.7 Å². The highest BCUT2D eigenvalue weighted by Gasteiger charge is 2.19. The zero-order chi connectivity index (χ0) is 21.0. The lowest BCUT2D eigenvalue weighted by molar-refractivity contribution is -0.384. The van der Waals surface area contributed by atoms with Crippen molar-refractivity contribution in [3.8, 4) is 11.5 Å². The summed E-state index contributed by atoms with van der Waals surface area (Å²) >= 11 is 1.41. The lowest BCUT2D eigenvalue weighted by Gasteiger charge is -2.10. The molecule has 0 amide bonds. The quantitative estimate of drug-likeness (QED) is 0.238. The SMILES string of the molecule is Cc1ccc(SCC(=O)O[C@H](C)c2nnc(-c3ccc([N+](=O)[O-])cc3)o2)c(C)c1. The van der Waals surface area contributed by atoms with Crippen molar-refractivity contribution in [3.05, 3.63) is 69.6 Å². The van der Waals surface area contributed by atoms with Crippen LogP contribution in [-0.2, 0) is 9.53 Å². The second-order valence-corrected chi connectivity index (χ2v) is 7.46. The predicted molar refractivity (Wildman–Crippen MR) is 108 cm³/mol. The number of thioether (sulfide) groups is 1. The maximum Gasteiger partial charge on any atom is 0.317 e. The lowest BCUT2D eigenvalue weighted by atomic mass is 10.2. The van der Waals surface area contributed by atoms with E-state index in [9.17, 15) is 14.9 Å². The first-order valence-corrected chi connectivity index (χ1v) is 9.80. The zero-order valence-electron chi connectivity index (χ0n) is 16.1. The summed E-state index contributed by atoms with van der Waals surface area (Å²) in [6, 6.07) is 11.8. The molecule has 0 fully saturated rings. The Morgan fingerprint density at radius 1 is 1.21 bits per heavy atom. The van der Waals surface area contributed by atoms with Gasteiger partial charge in [0.15, 0.2) is 6.10 Å². The van der Waals surface area contributed by atoms with Crippen molar-refractivity contribution in [2.24, 2.45) is 0 Å². The molecular weight excluding hydrogens is 394 g/mol. The van der Waals surface area contributed by atoms with E-state index >= 15 is 0 Å². The second-order valence-electron chi connectivity index (χ2n) is 6.44. The molecule has 9 heteroatoms. The fraction of sp³-hybridized carbons (Fsp3) is 0.250. The van der Waals surface area contributed by atoms with Gasteiger partial charge in [0, 0.05) is 22.6 Å².